The third kappa shape index (κ3) is 3.87. The minimum absolute atomic E-state index is 0.0766. The molecule has 2 aliphatic rings. The highest BCUT2D eigenvalue weighted by molar-refractivity contribution is 7.10. The third-order valence-electron chi connectivity index (χ3n) is 4.30. The van der Waals surface area contributed by atoms with Crippen LogP contribution in [0.3, 0.4) is 0 Å². The van der Waals surface area contributed by atoms with Gasteiger partial charge in [-0.05, 0) is 37.1 Å². The highest BCUT2D eigenvalue weighted by atomic mass is 32.1. The second-order valence-corrected chi connectivity index (χ2v) is 6.86. The minimum atomic E-state index is -0.486. The van der Waals surface area contributed by atoms with Crippen molar-refractivity contribution >= 4 is 17.2 Å². The van der Waals surface area contributed by atoms with Gasteiger partial charge in [-0.2, -0.15) is 0 Å². The molecule has 6 heteroatoms. The summed E-state index contributed by atoms with van der Waals surface area (Å²) in [5.41, 5.74) is 0. The van der Waals surface area contributed by atoms with Crippen molar-refractivity contribution in [2.24, 2.45) is 0 Å². The van der Waals surface area contributed by atoms with E-state index in [1.165, 1.54) is 0 Å². The van der Waals surface area contributed by atoms with E-state index >= 15 is 0 Å². The predicted molar refractivity (Wildman–Crippen MR) is 83.6 cm³/mol. The summed E-state index contributed by atoms with van der Waals surface area (Å²) in [5.74, 6) is 0.0766. The van der Waals surface area contributed by atoms with E-state index in [0.717, 1.165) is 30.7 Å². The molecule has 1 N–H and O–H groups in total. The summed E-state index contributed by atoms with van der Waals surface area (Å²) >= 11 is 1.56. The van der Waals surface area contributed by atoms with Gasteiger partial charge in [0.05, 0.1) is 25.7 Å². The summed E-state index contributed by atoms with van der Waals surface area (Å²) < 4.78 is 10.9. The molecule has 2 saturated heterocycles. The fraction of sp³-hybridized carbons (Fsp3) is 0.688. The molecule has 2 fully saturated rings. The van der Waals surface area contributed by atoms with Crippen LogP contribution in [0.4, 0.5) is 0 Å². The van der Waals surface area contributed by atoms with E-state index in [1.807, 2.05) is 22.4 Å². The molecular weight excluding hydrogens is 302 g/mol. The van der Waals surface area contributed by atoms with Gasteiger partial charge in [-0.25, -0.2) is 0 Å². The minimum Gasteiger partial charge on any atom is -0.387 e. The summed E-state index contributed by atoms with van der Waals surface area (Å²) in [5, 5.41) is 12.3. The largest absolute Gasteiger partial charge is 0.387 e. The first-order chi connectivity index (χ1) is 10.7. The van der Waals surface area contributed by atoms with Crippen molar-refractivity contribution in [2.45, 2.75) is 50.5 Å². The molecule has 1 amide bonds. The number of hydrogen-bond donors (Lipinski definition) is 1. The van der Waals surface area contributed by atoms with Crippen LogP contribution in [0, 0.1) is 0 Å². The van der Waals surface area contributed by atoms with E-state index in [2.05, 4.69) is 0 Å². The highest BCUT2D eigenvalue weighted by Crippen LogP contribution is 2.30. The van der Waals surface area contributed by atoms with Gasteiger partial charge >= 0.3 is 0 Å². The summed E-state index contributed by atoms with van der Waals surface area (Å²) in [4.78, 5) is 15.4. The lowest BCUT2D eigenvalue weighted by Gasteiger charge is -2.29. The number of ether oxygens (including phenoxy) is 2. The van der Waals surface area contributed by atoms with Gasteiger partial charge in [0.1, 0.15) is 0 Å². The monoisotopic (exact) mass is 325 g/mol. The summed E-state index contributed by atoms with van der Waals surface area (Å²) in [6, 6.07) is 4.01. The molecule has 2 unspecified atom stereocenters. The Hall–Kier alpha value is -0.950. The Bertz CT molecular complexity index is 473. The number of thiophene rings is 1. The molecule has 22 heavy (non-hydrogen) atoms. The number of aliphatic hydroxyl groups excluding tert-OH is 1. The van der Waals surface area contributed by atoms with Gasteiger partial charge in [0.25, 0.3) is 0 Å². The van der Waals surface area contributed by atoms with Crippen LogP contribution in [0.15, 0.2) is 17.5 Å². The maximum Gasteiger partial charge on any atom is 0.227 e. The Morgan fingerprint density at radius 2 is 2.23 bits per heavy atom. The van der Waals surface area contributed by atoms with Crippen molar-refractivity contribution < 1.29 is 19.4 Å². The van der Waals surface area contributed by atoms with Gasteiger partial charge in [0.15, 0.2) is 6.29 Å². The van der Waals surface area contributed by atoms with Crippen molar-refractivity contribution in [1.29, 1.82) is 0 Å². The number of carbonyl (C=O) groups excluding carboxylic acids is 1. The van der Waals surface area contributed by atoms with Crippen LogP contribution in [0.5, 0.6) is 0 Å². The predicted octanol–water partition coefficient (Wildman–Crippen LogP) is 2.32. The number of nitrogens with zero attached hydrogens (tertiary/aromatic N) is 1. The molecule has 0 spiro atoms. The molecule has 5 nitrogen and oxygen atoms in total. The molecule has 1 aromatic heterocycles. The Labute approximate surface area is 134 Å². The molecule has 0 saturated carbocycles. The van der Waals surface area contributed by atoms with Crippen molar-refractivity contribution in [3.8, 4) is 0 Å². The fourth-order valence-electron chi connectivity index (χ4n) is 3.18. The van der Waals surface area contributed by atoms with Gasteiger partial charge in [-0.15, -0.1) is 11.3 Å². The van der Waals surface area contributed by atoms with Crippen LogP contribution < -0.4 is 0 Å². The van der Waals surface area contributed by atoms with E-state index in [-0.39, 0.29) is 18.4 Å². The molecule has 0 bridgehead atoms. The van der Waals surface area contributed by atoms with Gasteiger partial charge in [0.2, 0.25) is 5.91 Å². The Kier molecular flexibility index (Phi) is 5.46. The zero-order valence-corrected chi connectivity index (χ0v) is 13.5. The fourth-order valence-corrected chi connectivity index (χ4v) is 3.90. The zero-order chi connectivity index (χ0) is 15.4. The van der Waals surface area contributed by atoms with Gasteiger partial charge in [0, 0.05) is 17.5 Å². The normalized spacial score (nSPS) is 24.6. The number of hydrogen-bond acceptors (Lipinski definition) is 5. The van der Waals surface area contributed by atoms with E-state index in [1.54, 1.807) is 11.3 Å². The molecular formula is C16H23NO4S. The molecule has 122 valence electrons. The van der Waals surface area contributed by atoms with Crippen LogP contribution in [0.25, 0.3) is 0 Å². The average Bonchev–Trinajstić information content (AvgIpc) is 3.19. The summed E-state index contributed by atoms with van der Waals surface area (Å²) in [6.07, 6.45) is 2.86. The van der Waals surface area contributed by atoms with Crippen LogP contribution in [0.1, 0.15) is 43.1 Å². The van der Waals surface area contributed by atoms with Crippen molar-refractivity contribution in [3.63, 3.8) is 0 Å². The molecule has 0 aromatic carbocycles. The van der Waals surface area contributed by atoms with E-state index in [9.17, 15) is 9.90 Å². The van der Waals surface area contributed by atoms with Crippen molar-refractivity contribution in [3.05, 3.63) is 22.4 Å². The molecule has 0 aliphatic carbocycles. The molecule has 3 heterocycles. The second-order valence-electron chi connectivity index (χ2n) is 5.88. The lowest BCUT2D eigenvalue weighted by atomic mass is 10.1. The Balaban J connectivity index is 1.54. The van der Waals surface area contributed by atoms with Gasteiger partial charge < -0.3 is 19.5 Å². The van der Waals surface area contributed by atoms with E-state index in [4.69, 9.17) is 9.47 Å². The van der Waals surface area contributed by atoms with Gasteiger partial charge in [-0.3, -0.25) is 4.79 Å². The first kappa shape index (κ1) is 15.9. The SMILES string of the molecule is O=C(CC1OCCCO1)N1CCCC1CC(O)c1cccs1. The first-order valence-electron chi connectivity index (χ1n) is 7.98. The maximum absolute atomic E-state index is 12.5. The van der Waals surface area contributed by atoms with Crippen LogP contribution in [0.2, 0.25) is 0 Å². The van der Waals surface area contributed by atoms with Crippen molar-refractivity contribution in [1.82, 2.24) is 4.90 Å². The maximum atomic E-state index is 12.5. The topological polar surface area (TPSA) is 59.0 Å². The summed E-state index contributed by atoms with van der Waals surface area (Å²) in [6.45, 7) is 2.10. The quantitative estimate of drug-likeness (QED) is 0.902. The molecule has 2 atom stereocenters. The Morgan fingerprint density at radius 1 is 1.41 bits per heavy atom. The van der Waals surface area contributed by atoms with Crippen molar-refractivity contribution in [2.75, 3.05) is 19.8 Å². The van der Waals surface area contributed by atoms with E-state index in [0.29, 0.717) is 19.6 Å². The first-order valence-corrected chi connectivity index (χ1v) is 8.86. The molecule has 0 radical (unpaired) electrons. The lowest BCUT2D eigenvalue weighted by molar-refractivity contribution is -0.187. The Morgan fingerprint density at radius 3 is 2.95 bits per heavy atom. The second kappa shape index (κ2) is 7.55. The number of likely N-dealkylation sites (tertiary alicyclic amines) is 1. The smallest absolute Gasteiger partial charge is 0.227 e. The standard InChI is InChI=1S/C16H23NO4S/c18-13(14-5-2-9-22-14)10-12-4-1-6-17(12)15(19)11-16-20-7-3-8-21-16/h2,5,9,12-13,16,18H,1,3-4,6-8,10-11H2. The van der Waals surface area contributed by atoms with E-state index < -0.39 is 12.4 Å². The van der Waals surface area contributed by atoms with Gasteiger partial charge in [-0.1, -0.05) is 6.07 Å². The number of carbonyl (C=O) groups is 1. The molecule has 3 rings (SSSR count). The van der Waals surface area contributed by atoms with Crippen LogP contribution in [-0.4, -0.2) is 48.0 Å². The number of aliphatic hydroxyl groups is 1. The van der Waals surface area contributed by atoms with Crippen LogP contribution in [-0.2, 0) is 14.3 Å². The highest BCUT2D eigenvalue weighted by Gasteiger charge is 2.32. The molecule has 2 aliphatic heterocycles. The third-order valence-corrected chi connectivity index (χ3v) is 5.28. The average molecular weight is 325 g/mol. The molecule has 1 aromatic rings. The van der Waals surface area contributed by atoms with Crippen LogP contribution >= 0.6 is 11.3 Å². The number of rotatable bonds is 5. The number of amides is 1. The lowest BCUT2D eigenvalue weighted by Crippen LogP contribution is -2.39. The zero-order valence-electron chi connectivity index (χ0n) is 12.6. The summed E-state index contributed by atoms with van der Waals surface area (Å²) in [7, 11) is 0.